The molecule has 1 fully saturated rings. The Morgan fingerprint density at radius 1 is 1.41 bits per heavy atom. The molecule has 1 aromatic rings. The maximum atomic E-state index is 6.57. The fourth-order valence-corrected chi connectivity index (χ4v) is 3.25. The van der Waals surface area contributed by atoms with Gasteiger partial charge in [-0.3, -0.25) is 0 Å². The second-order valence-electron chi connectivity index (χ2n) is 5.50. The van der Waals surface area contributed by atoms with Crippen LogP contribution in [0.4, 0.5) is 0 Å². The molecule has 0 bridgehead atoms. The van der Waals surface area contributed by atoms with Crippen molar-refractivity contribution in [2.24, 2.45) is 11.7 Å². The average Bonchev–Trinajstić information content (AvgIpc) is 2.32. The van der Waals surface area contributed by atoms with E-state index in [0.29, 0.717) is 0 Å². The Balaban J connectivity index is 2.09. The molecule has 2 unspecified atom stereocenters. The number of benzene rings is 1. The van der Waals surface area contributed by atoms with Gasteiger partial charge in [-0.25, -0.2) is 0 Å². The molecule has 0 spiro atoms. The lowest BCUT2D eigenvalue weighted by Gasteiger charge is -2.38. The standard InChI is InChI=1S/C15H22ClN/c1-2-12-6-5-9-15(17,10-12)11-13-7-3-4-8-14(13)16/h3-4,7-8,12H,2,5-6,9-11,17H2,1H3. The molecular weight excluding hydrogens is 230 g/mol. The molecule has 2 atom stereocenters. The summed E-state index contributed by atoms with van der Waals surface area (Å²) >= 11 is 6.22. The third-order valence-corrected chi connectivity index (χ3v) is 4.43. The maximum absolute atomic E-state index is 6.57. The van der Waals surface area contributed by atoms with Crippen molar-refractivity contribution >= 4 is 11.6 Å². The number of hydrogen-bond donors (Lipinski definition) is 1. The van der Waals surface area contributed by atoms with Gasteiger partial charge in [-0.15, -0.1) is 0 Å². The molecule has 2 N–H and O–H groups in total. The summed E-state index contributed by atoms with van der Waals surface area (Å²) in [5.74, 6) is 0.802. The van der Waals surface area contributed by atoms with E-state index in [1.807, 2.05) is 18.2 Å². The fraction of sp³-hybridized carbons (Fsp3) is 0.600. The second-order valence-corrected chi connectivity index (χ2v) is 5.91. The van der Waals surface area contributed by atoms with E-state index in [1.165, 1.54) is 24.8 Å². The molecule has 0 amide bonds. The van der Waals surface area contributed by atoms with E-state index in [9.17, 15) is 0 Å². The van der Waals surface area contributed by atoms with Crippen molar-refractivity contribution in [2.45, 2.75) is 51.0 Å². The van der Waals surface area contributed by atoms with Crippen molar-refractivity contribution in [1.82, 2.24) is 0 Å². The van der Waals surface area contributed by atoms with Crippen LogP contribution < -0.4 is 5.73 Å². The zero-order valence-electron chi connectivity index (χ0n) is 10.6. The minimum Gasteiger partial charge on any atom is -0.325 e. The van der Waals surface area contributed by atoms with Crippen LogP contribution in [0.5, 0.6) is 0 Å². The first kappa shape index (κ1) is 12.9. The Morgan fingerprint density at radius 3 is 2.88 bits per heavy atom. The van der Waals surface area contributed by atoms with Gasteiger partial charge in [0.25, 0.3) is 0 Å². The normalized spacial score (nSPS) is 29.2. The first-order valence-electron chi connectivity index (χ1n) is 6.65. The SMILES string of the molecule is CCC1CCCC(N)(Cc2ccccc2Cl)C1. The van der Waals surface area contributed by atoms with Crippen LogP contribution in [0, 0.1) is 5.92 Å². The highest BCUT2D eigenvalue weighted by atomic mass is 35.5. The van der Waals surface area contributed by atoms with Gasteiger partial charge in [0.1, 0.15) is 0 Å². The second kappa shape index (κ2) is 5.41. The molecule has 0 aromatic heterocycles. The van der Waals surface area contributed by atoms with Gasteiger partial charge >= 0.3 is 0 Å². The Kier molecular flexibility index (Phi) is 4.11. The molecule has 17 heavy (non-hydrogen) atoms. The van der Waals surface area contributed by atoms with Crippen molar-refractivity contribution in [3.63, 3.8) is 0 Å². The highest BCUT2D eigenvalue weighted by Gasteiger charge is 2.32. The van der Waals surface area contributed by atoms with E-state index in [1.54, 1.807) is 0 Å². The van der Waals surface area contributed by atoms with Gasteiger partial charge in [-0.1, -0.05) is 56.0 Å². The number of hydrogen-bond acceptors (Lipinski definition) is 1. The number of halogens is 1. The Bertz CT molecular complexity index is 377. The Morgan fingerprint density at radius 2 is 2.18 bits per heavy atom. The van der Waals surface area contributed by atoms with E-state index in [4.69, 9.17) is 17.3 Å². The van der Waals surface area contributed by atoms with Gasteiger partial charge in [0.2, 0.25) is 0 Å². The number of rotatable bonds is 3. The molecule has 1 saturated carbocycles. The smallest absolute Gasteiger partial charge is 0.0438 e. The topological polar surface area (TPSA) is 26.0 Å². The lowest BCUT2D eigenvalue weighted by Crippen LogP contribution is -2.46. The van der Waals surface area contributed by atoms with Crippen LogP contribution in [0.2, 0.25) is 5.02 Å². The van der Waals surface area contributed by atoms with Crippen LogP contribution >= 0.6 is 11.6 Å². The van der Waals surface area contributed by atoms with Crippen molar-refractivity contribution in [1.29, 1.82) is 0 Å². The average molecular weight is 252 g/mol. The highest BCUT2D eigenvalue weighted by Crippen LogP contribution is 2.35. The quantitative estimate of drug-likeness (QED) is 0.857. The Hall–Kier alpha value is -0.530. The fourth-order valence-electron chi connectivity index (χ4n) is 3.05. The molecular formula is C15H22ClN. The summed E-state index contributed by atoms with van der Waals surface area (Å²) in [5.41, 5.74) is 7.73. The molecule has 1 aromatic carbocycles. The van der Waals surface area contributed by atoms with Crippen molar-refractivity contribution in [2.75, 3.05) is 0 Å². The molecule has 0 radical (unpaired) electrons. The largest absolute Gasteiger partial charge is 0.325 e. The van der Waals surface area contributed by atoms with Crippen LogP contribution in [0.15, 0.2) is 24.3 Å². The van der Waals surface area contributed by atoms with Gasteiger partial charge in [0.15, 0.2) is 0 Å². The van der Waals surface area contributed by atoms with E-state index in [2.05, 4.69) is 13.0 Å². The molecule has 0 saturated heterocycles. The van der Waals surface area contributed by atoms with Gasteiger partial charge < -0.3 is 5.73 Å². The molecule has 2 heteroatoms. The third kappa shape index (κ3) is 3.23. The van der Waals surface area contributed by atoms with E-state index >= 15 is 0 Å². The van der Waals surface area contributed by atoms with Crippen molar-refractivity contribution in [3.8, 4) is 0 Å². The van der Waals surface area contributed by atoms with E-state index in [0.717, 1.165) is 30.2 Å². The van der Waals surface area contributed by atoms with Crippen LogP contribution in [0.3, 0.4) is 0 Å². The first-order chi connectivity index (χ1) is 8.13. The van der Waals surface area contributed by atoms with Gasteiger partial charge in [-0.05, 0) is 36.8 Å². The summed E-state index contributed by atoms with van der Waals surface area (Å²) in [5, 5.41) is 0.857. The molecule has 0 aliphatic heterocycles. The zero-order valence-corrected chi connectivity index (χ0v) is 11.3. The lowest BCUT2D eigenvalue weighted by molar-refractivity contribution is 0.218. The summed E-state index contributed by atoms with van der Waals surface area (Å²) in [7, 11) is 0. The summed E-state index contributed by atoms with van der Waals surface area (Å²) in [6.07, 6.45) is 7.06. The highest BCUT2D eigenvalue weighted by molar-refractivity contribution is 6.31. The first-order valence-corrected chi connectivity index (χ1v) is 7.03. The van der Waals surface area contributed by atoms with E-state index in [-0.39, 0.29) is 5.54 Å². The van der Waals surface area contributed by atoms with E-state index < -0.39 is 0 Å². The maximum Gasteiger partial charge on any atom is 0.0438 e. The predicted molar refractivity (Wildman–Crippen MR) is 74.3 cm³/mol. The van der Waals surface area contributed by atoms with Crippen LogP contribution in [0.1, 0.15) is 44.6 Å². The van der Waals surface area contributed by atoms with Gasteiger partial charge in [-0.2, -0.15) is 0 Å². The van der Waals surface area contributed by atoms with Crippen molar-refractivity contribution in [3.05, 3.63) is 34.9 Å². The summed E-state index contributed by atoms with van der Waals surface area (Å²) in [6.45, 7) is 2.27. The molecule has 2 rings (SSSR count). The molecule has 1 aliphatic carbocycles. The van der Waals surface area contributed by atoms with Crippen LogP contribution in [0.25, 0.3) is 0 Å². The van der Waals surface area contributed by atoms with Crippen molar-refractivity contribution < 1.29 is 0 Å². The predicted octanol–water partition coefficient (Wildman–Crippen LogP) is 4.18. The lowest BCUT2D eigenvalue weighted by atomic mass is 9.72. The molecule has 0 heterocycles. The molecule has 1 nitrogen and oxygen atoms in total. The Labute approximate surface area is 109 Å². The third-order valence-electron chi connectivity index (χ3n) is 4.06. The van der Waals surface area contributed by atoms with Gasteiger partial charge in [0.05, 0.1) is 0 Å². The molecule has 94 valence electrons. The minimum atomic E-state index is -0.0378. The summed E-state index contributed by atoms with van der Waals surface area (Å²) < 4.78 is 0. The minimum absolute atomic E-state index is 0.0378. The van der Waals surface area contributed by atoms with Gasteiger partial charge in [0, 0.05) is 10.6 Å². The van der Waals surface area contributed by atoms with Crippen LogP contribution in [-0.2, 0) is 6.42 Å². The summed E-state index contributed by atoms with van der Waals surface area (Å²) in [4.78, 5) is 0. The molecule has 1 aliphatic rings. The number of nitrogens with two attached hydrogens (primary N) is 1. The van der Waals surface area contributed by atoms with Crippen LogP contribution in [-0.4, -0.2) is 5.54 Å². The monoisotopic (exact) mass is 251 g/mol. The zero-order chi connectivity index (χ0) is 12.3. The summed E-state index contributed by atoms with van der Waals surface area (Å²) in [6, 6.07) is 8.09.